The normalized spacial score (nSPS) is 14.9. The first-order chi connectivity index (χ1) is 10.2. The van der Waals surface area contributed by atoms with E-state index < -0.39 is 0 Å². The summed E-state index contributed by atoms with van der Waals surface area (Å²) in [6.45, 7) is 2.70. The Hall–Kier alpha value is -1.84. The van der Waals surface area contributed by atoms with Crippen molar-refractivity contribution in [3.05, 3.63) is 29.8 Å². The van der Waals surface area contributed by atoms with Crippen molar-refractivity contribution in [3.63, 3.8) is 0 Å². The Bertz CT molecular complexity index is 476. The number of benzene rings is 1. The summed E-state index contributed by atoms with van der Waals surface area (Å²) in [4.78, 5) is 23.7. The van der Waals surface area contributed by atoms with Gasteiger partial charge < -0.3 is 10.6 Å². The number of anilines is 1. The Morgan fingerprint density at radius 2 is 1.81 bits per heavy atom. The summed E-state index contributed by atoms with van der Waals surface area (Å²) in [5.41, 5.74) is 1.38. The fraction of sp³-hybridized carbons (Fsp3) is 0.529. The predicted molar refractivity (Wildman–Crippen MR) is 84.3 cm³/mol. The second kappa shape index (κ2) is 7.81. The Balaban J connectivity index is 1.83. The second-order valence-electron chi connectivity index (χ2n) is 5.74. The maximum atomic E-state index is 11.9. The average Bonchev–Trinajstić information content (AvgIpc) is 2.98. The van der Waals surface area contributed by atoms with Gasteiger partial charge in [0.25, 0.3) is 5.91 Å². The molecule has 0 aromatic heterocycles. The molecule has 0 heterocycles. The van der Waals surface area contributed by atoms with Crippen LogP contribution in [0, 0.1) is 5.92 Å². The van der Waals surface area contributed by atoms with Crippen LogP contribution in [0.25, 0.3) is 0 Å². The van der Waals surface area contributed by atoms with E-state index in [1.54, 1.807) is 24.3 Å². The Kier molecular flexibility index (Phi) is 5.78. The van der Waals surface area contributed by atoms with Crippen LogP contribution in [0.4, 0.5) is 5.69 Å². The van der Waals surface area contributed by atoms with Crippen LogP contribution in [0.3, 0.4) is 0 Å². The topological polar surface area (TPSA) is 58.2 Å². The molecule has 1 aliphatic rings. The molecule has 0 atom stereocenters. The summed E-state index contributed by atoms with van der Waals surface area (Å²) in [5, 5.41) is 5.74. The van der Waals surface area contributed by atoms with Crippen LogP contribution < -0.4 is 10.6 Å². The number of carbonyl (C=O) groups excluding carboxylic acids is 2. The van der Waals surface area contributed by atoms with Crippen molar-refractivity contribution in [3.8, 4) is 0 Å². The van der Waals surface area contributed by atoms with Crippen LogP contribution in [0.5, 0.6) is 0 Å². The van der Waals surface area contributed by atoms with Gasteiger partial charge in [0.15, 0.2) is 0 Å². The van der Waals surface area contributed by atoms with E-state index in [-0.39, 0.29) is 11.8 Å². The zero-order valence-corrected chi connectivity index (χ0v) is 12.7. The van der Waals surface area contributed by atoms with Gasteiger partial charge in [-0.15, -0.1) is 0 Å². The SMILES string of the molecule is CCCNC(=O)c1ccc(NC(=O)CC2CCCC2)cc1. The highest BCUT2D eigenvalue weighted by Gasteiger charge is 2.18. The smallest absolute Gasteiger partial charge is 0.251 e. The lowest BCUT2D eigenvalue weighted by atomic mass is 10.0. The van der Waals surface area contributed by atoms with Crippen molar-refractivity contribution in [1.29, 1.82) is 0 Å². The molecule has 0 unspecified atom stereocenters. The van der Waals surface area contributed by atoms with E-state index in [9.17, 15) is 9.59 Å². The molecule has 4 heteroatoms. The van der Waals surface area contributed by atoms with E-state index in [1.165, 1.54) is 25.7 Å². The third-order valence-corrected chi connectivity index (χ3v) is 3.92. The first-order valence-corrected chi connectivity index (χ1v) is 7.87. The molecule has 2 rings (SSSR count). The zero-order valence-electron chi connectivity index (χ0n) is 12.7. The standard InChI is InChI=1S/C17H24N2O2/c1-2-11-18-17(21)14-7-9-15(10-8-14)19-16(20)12-13-5-3-4-6-13/h7-10,13H,2-6,11-12H2,1H3,(H,18,21)(H,19,20). The van der Waals surface area contributed by atoms with Gasteiger partial charge >= 0.3 is 0 Å². The summed E-state index contributed by atoms with van der Waals surface area (Å²) in [6.07, 6.45) is 6.37. The molecule has 4 nitrogen and oxygen atoms in total. The first-order valence-electron chi connectivity index (χ1n) is 7.87. The van der Waals surface area contributed by atoms with E-state index in [4.69, 9.17) is 0 Å². The third-order valence-electron chi connectivity index (χ3n) is 3.92. The highest BCUT2D eigenvalue weighted by Crippen LogP contribution is 2.27. The van der Waals surface area contributed by atoms with Crippen molar-refractivity contribution in [2.75, 3.05) is 11.9 Å². The molecular formula is C17H24N2O2. The number of nitrogens with one attached hydrogen (secondary N) is 2. The number of amides is 2. The predicted octanol–water partition coefficient (Wildman–Crippen LogP) is 3.35. The number of rotatable bonds is 6. The molecule has 2 N–H and O–H groups in total. The molecular weight excluding hydrogens is 264 g/mol. The van der Waals surface area contributed by atoms with Crippen molar-refractivity contribution in [2.45, 2.75) is 45.4 Å². The summed E-state index contributed by atoms with van der Waals surface area (Å²) >= 11 is 0. The molecule has 2 amide bonds. The quantitative estimate of drug-likeness (QED) is 0.843. The van der Waals surface area contributed by atoms with Crippen LogP contribution in [0.1, 0.15) is 55.8 Å². The maximum Gasteiger partial charge on any atom is 0.251 e. The minimum Gasteiger partial charge on any atom is -0.352 e. The van der Waals surface area contributed by atoms with Gasteiger partial charge in [0.1, 0.15) is 0 Å². The van der Waals surface area contributed by atoms with Crippen molar-refractivity contribution < 1.29 is 9.59 Å². The van der Waals surface area contributed by atoms with Gasteiger partial charge in [-0.3, -0.25) is 9.59 Å². The van der Waals surface area contributed by atoms with Crippen LogP contribution in [0.15, 0.2) is 24.3 Å². The molecule has 1 saturated carbocycles. The summed E-state index contributed by atoms with van der Waals surface area (Å²) in [7, 11) is 0. The maximum absolute atomic E-state index is 11.9. The van der Waals surface area contributed by atoms with E-state index in [0.717, 1.165) is 12.1 Å². The second-order valence-corrected chi connectivity index (χ2v) is 5.74. The minimum absolute atomic E-state index is 0.0688. The van der Waals surface area contributed by atoms with Crippen molar-refractivity contribution >= 4 is 17.5 Å². The van der Waals surface area contributed by atoms with Crippen LogP contribution in [0.2, 0.25) is 0 Å². The fourth-order valence-corrected chi connectivity index (χ4v) is 2.73. The average molecular weight is 288 g/mol. The third kappa shape index (κ3) is 4.88. The van der Waals surface area contributed by atoms with Crippen LogP contribution in [-0.2, 0) is 4.79 Å². The lowest BCUT2D eigenvalue weighted by Crippen LogP contribution is -2.23. The Morgan fingerprint density at radius 1 is 1.14 bits per heavy atom. The molecule has 1 aromatic rings. The first kappa shape index (κ1) is 15.5. The molecule has 0 aliphatic heterocycles. The Morgan fingerprint density at radius 3 is 2.43 bits per heavy atom. The minimum atomic E-state index is -0.0688. The largest absolute Gasteiger partial charge is 0.352 e. The van der Waals surface area contributed by atoms with Gasteiger partial charge in [0, 0.05) is 24.2 Å². The molecule has 0 radical (unpaired) electrons. The van der Waals surface area contributed by atoms with Crippen LogP contribution >= 0.6 is 0 Å². The van der Waals surface area contributed by atoms with Gasteiger partial charge in [-0.2, -0.15) is 0 Å². The van der Waals surface area contributed by atoms with E-state index in [2.05, 4.69) is 10.6 Å². The zero-order chi connectivity index (χ0) is 15.1. The monoisotopic (exact) mass is 288 g/mol. The molecule has 0 bridgehead atoms. The highest BCUT2D eigenvalue weighted by atomic mass is 16.2. The van der Waals surface area contributed by atoms with Crippen molar-refractivity contribution in [2.24, 2.45) is 5.92 Å². The number of hydrogen-bond acceptors (Lipinski definition) is 2. The molecule has 21 heavy (non-hydrogen) atoms. The Labute approximate surface area is 126 Å². The molecule has 114 valence electrons. The highest BCUT2D eigenvalue weighted by molar-refractivity contribution is 5.95. The van der Waals surface area contributed by atoms with Crippen LogP contribution in [-0.4, -0.2) is 18.4 Å². The van der Waals surface area contributed by atoms with E-state index in [1.807, 2.05) is 6.92 Å². The van der Waals surface area contributed by atoms with E-state index >= 15 is 0 Å². The van der Waals surface area contributed by atoms with Gasteiger partial charge in [0.05, 0.1) is 0 Å². The lowest BCUT2D eigenvalue weighted by molar-refractivity contribution is -0.117. The van der Waals surface area contributed by atoms with Gasteiger partial charge in [-0.25, -0.2) is 0 Å². The molecule has 0 spiro atoms. The fourth-order valence-electron chi connectivity index (χ4n) is 2.73. The van der Waals surface area contributed by atoms with Gasteiger partial charge in [-0.05, 0) is 49.4 Å². The van der Waals surface area contributed by atoms with Crippen molar-refractivity contribution in [1.82, 2.24) is 5.32 Å². The van der Waals surface area contributed by atoms with Gasteiger partial charge in [-0.1, -0.05) is 19.8 Å². The van der Waals surface area contributed by atoms with E-state index in [0.29, 0.717) is 24.4 Å². The number of carbonyl (C=O) groups is 2. The summed E-state index contributed by atoms with van der Waals surface area (Å²) in [5.74, 6) is 0.551. The lowest BCUT2D eigenvalue weighted by Gasteiger charge is -2.10. The molecule has 1 aromatic carbocycles. The summed E-state index contributed by atoms with van der Waals surface area (Å²) < 4.78 is 0. The molecule has 1 fully saturated rings. The molecule has 0 saturated heterocycles. The number of hydrogen-bond donors (Lipinski definition) is 2. The van der Waals surface area contributed by atoms with Gasteiger partial charge in [0.2, 0.25) is 5.91 Å². The summed E-state index contributed by atoms with van der Waals surface area (Å²) in [6, 6.07) is 7.06. The molecule has 1 aliphatic carbocycles.